The molecule has 1 aliphatic rings. The molecule has 266 valence electrons. The zero-order chi connectivity index (χ0) is 37.7. The number of thiazole rings is 1. The first-order valence-electron chi connectivity index (χ1n) is 16.7. The van der Waals surface area contributed by atoms with Crippen LogP contribution in [0, 0.1) is 40.9 Å². The monoisotopic (exact) mass is 705 g/mol. The number of halogens is 5. The lowest BCUT2D eigenvalue weighted by Crippen LogP contribution is -2.60. The van der Waals surface area contributed by atoms with E-state index >= 15 is 0 Å². The maximum absolute atomic E-state index is 14.1. The molecule has 48 heavy (non-hydrogen) atoms. The number of hydrogen-bond acceptors (Lipinski definition) is 8. The second kappa shape index (κ2) is 15.7. The van der Waals surface area contributed by atoms with Crippen LogP contribution in [0.1, 0.15) is 91.5 Å². The normalized spacial score (nSPS) is 19.6. The predicted octanol–water partition coefficient (Wildman–Crippen LogP) is 5.12. The van der Waals surface area contributed by atoms with Crippen molar-refractivity contribution in [1.82, 2.24) is 25.4 Å². The zero-order valence-corrected chi connectivity index (χ0v) is 28.4. The molecule has 1 fully saturated rings. The molecule has 0 unspecified atom stereocenters. The summed E-state index contributed by atoms with van der Waals surface area (Å²) in [5.41, 5.74) is -1.76. The molecule has 0 saturated carbocycles. The van der Waals surface area contributed by atoms with Gasteiger partial charge in [-0.2, -0.15) is 8.78 Å². The van der Waals surface area contributed by atoms with E-state index in [4.69, 9.17) is 2.74 Å². The maximum atomic E-state index is 14.1. The molecular formula is C32H42F5N5O5S. The van der Waals surface area contributed by atoms with Crippen molar-refractivity contribution in [3.8, 4) is 5.75 Å². The number of aromatic nitrogens is 1. The number of amides is 3. The number of esters is 1. The number of hydrogen-bond donors (Lipinski definition) is 2. The van der Waals surface area contributed by atoms with E-state index in [0.29, 0.717) is 25.8 Å². The van der Waals surface area contributed by atoms with Crippen molar-refractivity contribution in [3.63, 3.8) is 0 Å². The Morgan fingerprint density at radius 3 is 2.25 bits per heavy atom. The smallest absolute Gasteiger partial charge is 0.363 e. The van der Waals surface area contributed by atoms with Crippen molar-refractivity contribution in [2.45, 2.75) is 90.9 Å². The topological polar surface area (TPSA) is 121 Å². The molecule has 1 saturated heterocycles. The second-order valence-electron chi connectivity index (χ2n) is 12.3. The van der Waals surface area contributed by atoms with E-state index in [0.717, 1.165) is 16.7 Å². The summed E-state index contributed by atoms with van der Waals surface area (Å²) in [7, 11) is 1.39. The van der Waals surface area contributed by atoms with Gasteiger partial charge in [-0.1, -0.05) is 34.1 Å². The Balaban J connectivity index is 1.88. The molecule has 3 rings (SSSR count). The molecule has 2 N–H and O–H groups in total. The van der Waals surface area contributed by atoms with Crippen LogP contribution in [0.15, 0.2) is 5.38 Å². The third kappa shape index (κ3) is 8.13. The fourth-order valence-electron chi connectivity index (χ4n) is 5.48. The van der Waals surface area contributed by atoms with Gasteiger partial charge in [0.15, 0.2) is 5.69 Å². The van der Waals surface area contributed by atoms with E-state index in [9.17, 15) is 41.1 Å². The van der Waals surface area contributed by atoms with Crippen molar-refractivity contribution in [2.75, 3.05) is 20.6 Å². The minimum Gasteiger partial charge on any atom is -0.415 e. The summed E-state index contributed by atoms with van der Waals surface area (Å²) in [6.45, 7) is 8.81. The molecule has 0 spiro atoms. The Morgan fingerprint density at radius 2 is 1.71 bits per heavy atom. The third-order valence-electron chi connectivity index (χ3n) is 8.67. The van der Waals surface area contributed by atoms with E-state index < -0.39 is 87.9 Å². The van der Waals surface area contributed by atoms with Gasteiger partial charge in [0.05, 0.1) is 11.6 Å². The number of likely N-dealkylation sites (tertiary alicyclic amines) is 1. The Bertz CT molecular complexity index is 1560. The zero-order valence-electron chi connectivity index (χ0n) is 29.6. The number of carbonyl (C=O) groups is 4. The van der Waals surface area contributed by atoms with Crippen molar-refractivity contribution in [1.29, 1.82) is 0 Å². The standard InChI is InChI=1S/C32H42F5N5O5S/c1-9-16(4)26(40-31(46)32(6)11-10-12-41(32)7)29(44)42(8)20(15(2)3)13-18(38-17(5)43)28-39-19(14-48-28)30(45)47-27-24(36)22(34)21(33)23(35)25(27)37/h14-16,18,20,26H,9-13H2,1-8H3,(H,38,43)(H,40,46)/t16-,18+,20+,26-,32-/m0/s1/i6D,7D. The molecule has 16 heteroatoms. The molecule has 0 aliphatic carbocycles. The molecule has 1 aliphatic heterocycles. The van der Waals surface area contributed by atoms with Gasteiger partial charge in [0.2, 0.25) is 52.6 Å². The van der Waals surface area contributed by atoms with Crippen molar-refractivity contribution in [2.24, 2.45) is 11.8 Å². The van der Waals surface area contributed by atoms with E-state index in [-0.39, 0.29) is 37.2 Å². The molecule has 0 bridgehead atoms. The van der Waals surface area contributed by atoms with Crippen LogP contribution in [0.2, 0.25) is 0 Å². The van der Waals surface area contributed by atoms with Gasteiger partial charge in [0, 0.05) is 28.1 Å². The van der Waals surface area contributed by atoms with Crippen molar-refractivity contribution in [3.05, 3.63) is 45.2 Å². The minimum absolute atomic E-state index is 0.0591. The van der Waals surface area contributed by atoms with Crippen molar-refractivity contribution >= 4 is 35.0 Å². The summed E-state index contributed by atoms with van der Waals surface area (Å²) in [6.07, 6.45) is 1.62. The molecule has 10 nitrogen and oxygen atoms in total. The average molecular weight is 706 g/mol. The van der Waals surface area contributed by atoms with Crippen LogP contribution < -0.4 is 15.4 Å². The largest absolute Gasteiger partial charge is 0.415 e. The van der Waals surface area contributed by atoms with Gasteiger partial charge in [0.1, 0.15) is 11.0 Å². The Morgan fingerprint density at radius 1 is 1.08 bits per heavy atom. The number of rotatable bonds is 13. The van der Waals surface area contributed by atoms with Crippen LogP contribution in [0.3, 0.4) is 0 Å². The molecule has 1 aromatic heterocycles. The van der Waals surface area contributed by atoms with Gasteiger partial charge in [-0.3, -0.25) is 19.3 Å². The molecule has 3 amide bonds. The maximum Gasteiger partial charge on any atom is 0.363 e. The molecule has 5 atom stereocenters. The summed E-state index contributed by atoms with van der Waals surface area (Å²) < 4.78 is 89.5. The average Bonchev–Trinajstić information content (AvgIpc) is 3.76. The van der Waals surface area contributed by atoms with Gasteiger partial charge < -0.3 is 20.3 Å². The lowest BCUT2D eigenvalue weighted by molar-refractivity contribution is -0.142. The molecule has 0 radical (unpaired) electrons. The first-order valence-corrected chi connectivity index (χ1v) is 16.2. The third-order valence-corrected chi connectivity index (χ3v) is 9.63. The van der Waals surface area contributed by atoms with E-state index in [1.807, 2.05) is 27.7 Å². The van der Waals surface area contributed by atoms with Gasteiger partial charge in [-0.05, 0) is 51.6 Å². The van der Waals surface area contributed by atoms with E-state index in [1.165, 1.54) is 11.8 Å². The van der Waals surface area contributed by atoms with Crippen LogP contribution in [0.5, 0.6) is 5.75 Å². The van der Waals surface area contributed by atoms with Crippen molar-refractivity contribution < 1.29 is 48.6 Å². The number of nitrogens with zero attached hydrogens (tertiary/aromatic N) is 3. The summed E-state index contributed by atoms with van der Waals surface area (Å²) in [5.74, 6) is -16.9. The summed E-state index contributed by atoms with van der Waals surface area (Å²) in [5, 5.41) is 6.85. The number of likely N-dealkylation sites (N-methyl/N-ethyl adjacent to an activating group) is 2. The Labute approximate surface area is 283 Å². The van der Waals surface area contributed by atoms with Gasteiger partial charge >= 0.3 is 5.97 Å². The fourth-order valence-corrected chi connectivity index (χ4v) is 6.33. The number of benzene rings is 1. The number of carbonyl (C=O) groups excluding carboxylic acids is 4. The number of ether oxygens (including phenoxy) is 1. The van der Waals surface area contributed by atoms with Crippen LogP contribution >= 0.6 is 11.3 Å². The summed E-state index contributed by atoms with van der Waals surface area (Å²) in [4.78, 5) is 59.9. The lowest BCUT2D eigenvalue weighted by atomic mass is 9.91. The summed E-state index contributed by atoms with van der Waals surface area (Å²) >= 11 is 0.851. The number of nitrogens with one attached hydrogen (secondary N) is 2. The minimum atomic E-state index is -2.42. The van der Waals surface area contributed by atoms with Crippen LogP contribution in [-0.2, 0) is 14.4 Å². The highest BCUT2D eigenvalue weighted by molar-refractivity contribution is 7.09. The highest BCUT2D eigenvalue weighted by atomic mass is 32.1. The highest BCUT2D eigenvalue weighted by Gasteiger charge is 2.44. The highest BCUT2D eigenvalue weighted by Crippen LogP contribution is 2.32. The first-order chi connectivity index (χ1) is 23.4. The van der Waals surface area contributed by atoms with Crippen LogP contribution in [0.4, 0.5) is 22.0 Å². The Hall–Kier alpha value is -3.66. The van der Waals surface area contributed by atoms with Crippen LogP contribution in [0.25, 0.3) is 0 Å². The molecule has 2 aromatic rings. The van der Waals surface area contributed by atoms with E-state index in [1.54, 1.807) is 11.9 Å². The quantitative estimate of drug-likeness (QED) is 0.0976. The first kappa shape index (κ1) is 35.6. The lowest BCUT2D eigenvalue weighted by Gasteiger charge is -2.38. The van der Waals surface area contributed by atoms with Gasteiger partial charge in [-0.25, -0.2) is 22.9 Å². The predicted molar refractivity (Wildman–Crippen MR) is 168 cm³/mol. The van der Waals surface area contributed by atoms with Gasteiger partial charge in [-0.15, -0.1) is 11.3 Å². The molecule has 2 heterocycles. The molecule has 1 aromatic carbocycles. The van der Waals surface area contributed by atoms with Gasteiger partial charge in [0.25, 0.3) is 0 Å². The fraction of sp³-hybridized carbons (Fsp3) is 0.594. The van der Waals surface area contributed by atoms with E-state index in [2.05, 4.69) is 20.4 Å². The SMILES string of the molecule is [2H]CN1CCC[C@@]1(C[2H])C(=O)N[C@H](C(=O)N(C)[C@H](C[C@@H](NC(C)=O)c1nc(C(=O)Oc2c(F)c(F)c(F)c(F)c2F)cs1)C(C)C)[C@@H](C)CC. The molecular weight excluding hydrogens is 661 g/mol. The van der Waals surface area contributed by atoms with Crippen LogP contribution in [-0.4, -0.2) is 76.7 Å². The second-order valence-corrected chi connectivity index (χ2v) is 13.2. The summed E-state index contributed by atoms with van der Waals surface area (Å²) in [6, 6.07) is -2.47. The Kier molecular flexibility index (Phi) is 11.7.